The maximum absolute atomic E-state index is 11.9. The summed E-state index contributed by atoms with van der Waals surface area (Å²) in [5, 5.41) is 0. The third-order valence-corrected chi connectivity index (χ3v) is 3.14. The molecule has 1 aromatic rings. The van der Waals surface area contributed by atoms with Crippen LogP contribution in [0.4, 0.5) is 5.69 Å². The smallest absolute Gasteiger partial charge is 0.141 e. The minimum absolute atomic E-state index is 0.234. The predicted octanol–water partition coefficient (Wildman–Crippen LogP) is 2.67. The van der Waals surface area contributed by atoms with Gasteiger partial charge in [-0.25, -0.2) is 0 Å². The van der Waals surface area contributed by atoms with Gasteiger partial charge >= 0.3 is 0 Å². The first kappa shape index (κ1) is 11.8. The molecule has 0 unspecified atom stereocenters. The van der Waals surface area contributed by atoms with Crippen molar-refractivity contribution in [2.45, 2.75) is 38.5 Å². The van der Waals surface area contributed by atoms with Crippen LogP contribution in [0.1, 0.15) is 37.7 Å². The number of ketones is 1. The van der Waals surface area contributed by atoms with Crippen LogP contribution in [0.25, 0.3) is 0 Å². The molecule has 1 aromatic heterocycles. The molecule has 0 spiro atoms. The SMILES string of the molecule is Nc1ccncc1CC(=O)CC1=CCCCC1. The first-order valence-corrected chi connectivity index (χ1v) is 6.13. The zero-order chi connectivity index (χ0) is 12.1. The van der Waals surface area contributed by atoms with Gasteiger partial charge in [-0.1, -0.05) is 11.6 Å². The molecule has 3 heteroatoms. The predicted molar refractivity (Wildman–Crippen MR) is 68.5 cm³/mol. The standard InChI is InChI=1S/C14H18N2O/c15-14-6-7-16-10-12(14)9-13(17)8-11-4-2-1-3-5-11/h4,6-7,10H,1-3,5,8-9H2,(H2,15,16). The summed E-state index contributed by atoms with van der Waals surface area (Å²) in [6, 6.07) is 1.74. The number of nitrogen functional groups attached to an aromatic ring is 1. The summed E-state index contributed by atoms with van der Waals surface area (Å²) in [4.78, 5) is 15.9. The van der Waals surface area contributed by atoms with Gasteiger partial charge in [-0.2, -0.15) is 0 Å². The molecule has 0 aliphatic heterocycles. The monoisotopic (exact) mass is 230 g/mol. The molecule has 2 N–H and O–H groups in total. The van der Waals surface area contributed by atoms with E-state index in [-0.39, 0.29) is 5.78 Å². The van der Waals surface area contributed by atoms with Gasteiger partial charge in [-0.3, -0.25) is 9.78 Å². The molecule has 1 aliphatic rings. The second-order valence-corrected chi connectivity index (χ2v) is 4.57. The molecule has 0 aromatic carbocycles. The van der Waals surface area contributed by atoms with Gasteiger partial charge in [-0.05, 0) is 31.7 Å². The van der Waals surface area contributed by atoms with Crippen molar-refractivity contribution in [1.82, 2.24) is 4.98 Å². The van der Waals surface area contributed by atoms with Gasteiger partial charge in [0.05, 0.1) is 0 Å². The Morgan fingerprint density at radius 2 is 2.24 bits per heavy atom. The quantitative estimate of drug-likeness (QED) is 0.809. The van der Waals surface area contributed by atoms with Gasteiger partial charge in [0.1, 0.15) is 5.78 Å². The van der Waals surface area contributed by atoms with Gasteiger partial charge in [-0.15, -0.1) is 0 Å². The number of nitrogens with zero attached hydrogens (tertiary/aromatic N) is 1. The zero-order valence-corrected chi connectivity index (χ0v) is 9.98. The third-order valence-electron chi connectivity index (χ3n) is 3.14. The molecule has 0 radical (unpaired) electrons. The Bertz CT molecular complexity index is 438. The summed E-state index contributed by atoms with van der Waals surface area (Å²) in [7, 11) is 0. The van der Waals surface area contributed by atoms with Crippen LogP contribution < -0.4 is 5.73 Å². The van der Waals surface area contributed by atoms with Gasteiger partial charge in [0.15, 0.2) is 0 Å². The van der Waals surface area contributed by atoms with Crippen LogP contribution in [0.3, 0.4) is 0 Å². The highest BCUT2D eigenvalue weighted by Crippen LogP contribution is 2.21. The number of pyridine rings is 1. The third kappa shape index (κ3) is 3.41. The van der Waals surface area contributed by atoms with Crippen molar-refractivity contribution in [1.29, 1.82) is 0 Å². The normalized spacial score (nSPS) is 15.4. The molecule has 2 rings (SSSR count). The number of carbonyl (C=O) groups is 1. The lowest BCUT2D eigenvalue weighted by Gasteiger charge is -2.12. The number of anilines is 1. The summed E-state index contributed by atoms with van der Waals surface area (Å²) in [6.07, 6.45) is 11.2. The van der Waals surface area contributed by atoms with Crippen LogP contribution in [-0.4, -0.2) is 10.8 Å². The van der Waals surface area contributed by atoms with Gasteiger partial charge in [0.25, 0.3) is 0 Å². The maximum Gasteiger partial charge on any atom is 0.141 e. The Kier molecular flexibility index (Phi) is 3.91. The van der Waals surface area contributed by atoms with Crippen LogP contribution in [0, 0.1) is 0 Å². The fraction of sp³-hybridized carbons (Fsp3) is 0.429. The fourth-order valence-electron chi connectivity index (χ4n) is 2.18. The number of carbonyl (C=O) groups excluding carboxylic acids is 1. The summed E-state index contributed by atoms with van der Waals surface area (Å²) < 4.78 is 0. The van der Waals surface area contributed by atoms with Crippen LogP contribution in [-0.2, 0) is 11.2 Å². The van der Waals surface area contributed by atoms with E-state index in [2.05, 4.69) is 11.1 Å². The van der Waals surface area contributed by atoms with Crippen molar-refractivity contribution < 1.29 is 4.79 Å². The van der Waals surface area contributed by atoms with E-state index in [1.807, 2.05) is 0 Å². The molecule has 0 bridgehead atoms. The van der Waals surface area contributed by atoms with Gasteiger partial charge in [0, 0.05) is 36.5 Å². The molecular formula is C14H18N2O. The minimum atomic E-state index is 0.234. The largest absolute Gasteiger partial charge is 0.398 e. The molecular weight excluding hydrogens is 212 g/mol. The fourth-order valence-corrected chi connectivity index (χ4v) is 2.18. The first-order valence-electron chi connectivity index (χ1n) is 6.13. The second kappa shape index (κ2) is 5.62. The second-order valence-electron chi connectivity index (χ2n) is 4.57. The molecule has 17 heavy (non-hydrogen) atoms. The summed E-state index contributed by atoms with van der Waals surface area (Å²) in [5.41, 5.74) is 8.59. The molecule has 1 heterocycles. The Balaban J connectivity index is 1.93. The van der Waals surface area contributed by atoms with Gasteiger partial charge < -0.3 is 5.73 Å². The topological polar surface area (TPSA) is 56.0 Å². The Hall–Kier alpha value is -1.64. The number of aromatic nitrogens is 1. The Morgan fingerprint density at radius 3 is 2.94 bits per heavy atom. The zero-order valence-electron chi connectivity index (χ0n) is 9.98. The number of hydrogen-bond acceptors (Lipinski definition) is 3. The van der Waals surface area contributed by atoms with Crippen LogP contribution in [0.5, 0.6) is 0 Å². The average Bonchev–Trinajstić information content (AvgIpc) is 2.33. The lowest BCUT2D eigenvalue weighted by atomic mass is 9.94. The lowest BCUT2D eigenvalue weighted by Crippen LogP contribution is -2.07. The minimum Gasteiger partial charge on any atom is -0.398 e. The van der Waals surface area contributed by atoms with E-state index >= 15 is 0 Å². The van der Waals surface area contributed by atoms with E-state index < -0.39 is 0 Å². The van der Waals surface area contributed by atoms with Crippen molar-refractivity contribution in [2.75, 3.05) is 5.73 Å². The number of allylic oxidation sites excluding steroid dienone is 2. The van der Waals surface area contributed by atoms with Crippen LogP contribution in [0.2, 0.25) is 0 Å². The van der Waals surface area contributed by atoms with Crippen molar-refractivity contribution in [3.8, 4) is 0 Å². The molecule has 1 aliphatic carbocycles. The summed E-state index contributed by atoms with van der Waals surface area (Å²) in [6.45, 7) is 0. The van der Waals surface area contributed by atoms with Crippen molar-refractivity contribution in [2.24, 2.45) is 0 Å². The van der Waals surface area contributed by atoms with E-state index in [4.69, 9.17) is 5.73 Å². The Morgan fingerprint density at radius 1 is 1.35 bits per heavy atom. The van der Waals surface area contributed by atoms with Gasteiger partial charge in [0.2, 0.25) is 0 Å². The molecule has 0 amide bonds. The number of nitrogens with two attached hydrogens (primary N) is 1. The van der Waals surface area contributed by atoms with E-state index in [9.17, 15) is 4.79 Å². The van der Waals surface area contributed by atoms with E-state index in [1.165, 1.54) is 18.4 Å². The summed E-state index contributed by atoms with van der Waals surface area (Å²) >= 11 is 0. The first-order chi connectivity index (χ1) is 8.25. The highest BCUT2D eigenvalue weighted by atomic mass is 16.1. The highest BCUT2D eigenvalue weighted by Gasteiger charge is 2.11. The van der Waals surface area contributed by atoms with Crippen molar-refractivity contribution >= 4 is 11.5 Å². The number of Topliss-reactive ketones (excluding diaryl/α,β-unsaturated/α-hetero) is 1. The average molecular weight is 230 g/mol. The van der Waals surface area contributed by atoms with E-state index in [1.54, 1.807) is 18.5 Å². The number of hydrogen-bond donors (Lipinski definition) is 1. The van der Waals surface area contributed by atoms with E-state index in [0.717, 1.165) is 18.4 Å². The van der Waals surface area contributed by atoms with Crippen molar-refractivity contribution in [3.05, 3.63) is 35.7 Å². The molecule has 0 saturated heterocycles. The molecule has 90 valence electrons. The maximum atomic E-state index is 11.9. The molecule has 0 saturated carbocycles. The molecule has 0 atom stereocenters. The van der Waals surface area contributed by atoms with Crippen molar-refractivity contribution in [3.63, 3.8) is 0 Å². The van der Waals surface area contributed by atoms with Crippen LogP contribution >= 0.6 is 0 Å². The van der Waals surface area contributed by atoms with Crippen LogP contribution in [0.15, 0.2) is 30.1 Å². The summed E-state index contributed by atoms with van der Waals surface area (Å²) in [5.74, 6) is 0.234. The van der Waals surface area contributed by atoms with E-state index in [0.29, 0.717) is 18.5 Å². The molecule has 0 fully saturated rings. The Labute approximate surface area is 102 Å². The lowest BCUT2D eigenvalue weighted by molar-refractivity contribution is -0.117. The molecule has 3 nitrogen and oxygen atoms in total. The highest BCUT2D eigenvalue weighted by molar-refractivity contribution is 5.84. The number of rotatable bonds is 4.